The quantitative estimate of drug-likeness (QED) is 0.398. The van der Waals surface area contributed by atoms with Gasteiger partial charge in [0.2, 0.25) is 0 Å². The molecule has 0 N–H and O–H groups in total. The maximum atomic E-state index is 5.43. The minimum absolute atomic E-state index is 0.535. The van der Waals surface area contributed by atoms with Gasteiger partial charge >= 0.3 is 0 Å². The molecule has 2 aliphatic rings. The van der Waals surface area contributed by atoms with Gasteiger partial charge < -0.3 is 4.74 Å². The van der Waals surface area contributed by atoms with E-state index in [1.54, 1.807) is 0 Å². The molecule has 3 atom stereocenters. The van der Waals surface area contributed by atoms with Crippen LogP contribution in [0.2, 0.25) is 25.7 Å². The topological polar surface area (TPSA) is 12.5 Å². The van der Waals surface area contributed by atoms with Crippen LogP contribution in [-0.4, -0.2) is 20.8 Å². The Morgan fingerprint density at radius 1 is 1.22 bits per heavy atom. The van der Waals surface area contributed by atoms with Gasteiger partial charge in [-0.1, -0.05) is 45.6 Å². The van der Waals surface area contributed by atoms with Crippen LogP contribution in [0.4, 0.5) is 0 Å². The van der Waals surface area contributed by atoms with Gasteiger partial charge in [0.1, 0.15) is 0 Å². The third-order valence-corrected chi connectivity index (χ3v) is 5.75. The van der Waals surface area contributed by atoms with Gasteiger partial charge in [0.15, 0.2) is 0 Å². The third kappa shape index (κ3) is 4.54. The monoisotopic (exact) mass is 266 g/mol. The van der Waals surface area contributed by atoms with E-state index in [2.05, 4.69) is 45.6 Å². The van der Waals surface area contributed by atoms with Crippen molar-refractivity contribution in [3.8, 4) is 0 Å². The molecule has 0 aromatic rings. The lowest BCUT2D eigenvalue weighted by Gasteiger charge is -2.16. The highest BCUT2D eigenvalue weighted by Crippen LogP contribution is 2.48. The first-order chi connectivity index (χ1) is 8.25. The van der Waals surface area contributed by atoms with Crippen molar-refractivity contribution in [2.24, 2.45) is 17.3 Å². The smallest absolute Gasteiger partial charge is 0.0812 e. The van der Waals surface area contributed by atoms with Crippen LogP contribution in [0.15, 0.2) is 12.2 Å². The van der Waals surface area contributed by atoms with Crippen molar-refractivity contribution < 1.29 is 4.74 Å². The molecule has 2 heteroatoms. The molecule has 18 heavy (non-hydrogen) atoms. The van der Waals surface area contributed by atoms with Gasteiger partial charge in [-0.15, -0.1) is 0 Å². The average molecular weight is 267 g/mol. The van der Waals surface area contributed by atoms with E-state index in [1.165, 1.54) is 25.3 Å². The van der Waals surface area contributed by atoms with Crippen LogP contribution >= 0.6 is 0 Å². The fourth-order valence-electron chi connectivity index (χ4n) is 3.37. The Balaban J connectivity index is 1.91. The fourth-order valence-corrected chi connectivity index (χ4v) is 4.21. The number of epoxide rings is 1. The summed E-state index contributed by atoms with van der Waals surface area (Å²) in [5.74, 6) is 1.67. The van der Waals surface area contributed by atoms with Gasteiger partial charge in [0.05, 0.1) is 12.7 Å². The molecule has 0 aromatic heterocycles. The zero-order valence-electron chi connectivity index (χ0n) is 12.8. The summed E-state index contributed by atoms with van der Waals surface area (Å²) in [6, 6.07) is 1.33. The van der Waals surface area contributed by atoms with Crippen LogP contribution in [0, 0.1) is 17.3 Å². The Morgan fingerprint density at radius 2 is 1.89 bits per heavy atom. The molecule has 2 rings (SSSR count). The lowest BCUT2D eigenvalue weighted by Crippen LogP contribution is -2.17. The Kier molecular flexibility index (Phi) is 4.08. The van der Waals surface area contributed by atoms with Gasteiger partial charge in [-0.25, -0.2) is 0 Å². The van der Waals surface area contributed by atoms with Crippen molar-refractivity contribution >= 4 is 8.07 Å². The first kappa shape index (κ1) is 14.3. The zero-order chi connectivity index (χ0) is 13.4. The Bertz CT molecular complexity index is 310. The Morgan fingerprint density at radius 3 is 2.44 bits per heavy atom. The maximum absolute atomic E-state index is 5.43. The number of hydrogen-bond donors (Lipinski definition) is 0. The molecule has 2 fully saturated rings. The first-order valence-electron chi connectivity index (χ1n) is 7.53. The van der Waals surface area contributed by atoms with Crippen LogP contribution in [0.3, 0.4) is 0 Å². The average Bonchev–Trinajstić information content (AvgIpc) is 2.91. The second-order valence-corrected chi connectivity index (χ2v) is 13.9. The van der Waals surface area contributed by atoms with Crippen molar-refractivity contribution in [3.05, 3.63) is 12.2 Å². The van der Waals surface area contributed by atoms with Gasteiger partial charge in [-0.2, -0.15) is 0 Å². The molecule has 1 saturated carbocycles. The van der Waals surface area contributed by atoms with Crippen molar-refractivity contribution in [2.75, 3.05) is 6.61 Å². The predicted molar refractivity (Wildman–Crippen MR) is 81.6 cm³/mol. The molecule has 0 radical (unpaired) electrons. The maximum Gasteiger partial charge on any atom is 0.0812 e. The van der Waals surface area contributed by atoms with E-state index in [1.807, 2.05) is 0 Å². The van der Waals surface area contributed by atoms with E-state index < -0.39 is 8.07 Å². The molecule has 0 aromatic carbocycles. The molecule has 1 aliphatic carbocycles. The molecule has 1 aliphatic heterocycles. The summed E-state index contributed by atoms with van der Waals surface area (Å²) >= 11 is 0. The van der Waals surface area contributed by atoms with E-state index in [0.29, 0.717) is 11.5 Å². The molecule has 0 amide bonds. The minimum Gasteiger partial charge on any atom is -0.373 e. The van der Waals surface area contributed by atoms with Crippen LogP contribution in [0.25, 0.3) is 0 Å². The SMILES string of the molecule is CC1(C)C[C@H](CC2CO2)[C@H](/C=C/C[Si](C)(C)C)C1. The number of rotatable bonds is 5. The van der Waals surface area contributed by atoms with Crippen molar-refractivity contribution in [3.63, 3.8) is 0 Å². The summed E-state index contributed by atoms with van der Waals surface area (Å²) in [7, 11) is -0.918. The standard InChI is InChI=1S/C16H30OSi/c1-16(2)10-13(7-6-8-18(3,4)5)14(11-16)9-15-12-17-15/h6-7,13-15H,8-12H2,1-5H3/b7-6+/t13-,14+,15?/m1/s1. The predicted octanol–water partition coefficient (Wildman–Crippen LogP) is 4.72. The summed E-state index contributed by atoms with van der Waals surface area (Å²) in [4.78, 5) is 0. The molecule has 1 heterocycles. The van der Waals surface area contributed by atoms with Gasteiger partial charge in [-0.05, 0) is 42.6 Å². The van der Waals surface area contributed by atoms with Crippen molar-refractivity contribution in [2.45, 2.75) is 64.9 Å². The van der Waals surface area contributed by atoms with E-state index in [0.717, 1.165) is 18.4 Å². The minimum atomic E-state index is -0.918. The molecule has 1 nitrogen and oxygen atoms in total. The lowest BCUT2D eigenvalue weighted by atomic mass is 9.89. The second-order valence-electron chi connectivity index (χ2n) is 8.38. The second kappa shape index (κ2) is 5.13. The lowest BCUT2D eigenvalue weighted by molar-refractivity contribution is 0.315. The highest BCUT2D eigenvalue weighted by atomic mass is 28.3. The van der Waals surface area contributed by atoms with Crippen LogP contribution in [0.5, 0.6) is 0 Å². The summed E-state index contributed by atoms with van der Waals surface area (Å²) in [5, 5.41) is 0. The number of allylic oxidation sites excluding steroid dienone is 2. The third-order valence-electron chi connectivity index (χ3n) is 4.29. The van der Waals surface area contributed by atoms with Crippen molar-refractivity contribution in [1.29, 1.82) is 0 Å². The number of ether oxygens (including phenoxy) is 1. The summed E-state index contributed by atoms with van der Waals surface area (Å²) in [6.45, 7) is 13.2. The van der Waals surface area contributed by atoms with Gasteiger partial charge in [0, 0.05) is 8.07 Å². The van der Waals surface area contributed by atoms with Gasteiger partial charge in [0.25, 0.3) is 0 Å². The highest BCUT2D eigenvalue weighted by Gasteiger charge is 2.40. The van der Waals surface area contributed by atoms with Crippen molar-refractivity contribution in [1.82, 2.24) is 0 Å². The number of hydrogen-bond acceptors (Lipinski definition) is 1. The Hall–Kier alpha value is -0.0831. The molecule has 104 valence electrons. The van der Waals surface area contributed by atoms with E-state index >= 15 is 0 Å². The normalized spacial score (nSPS) is 35.3. The molecular weight excluding hydrogens is 236 g/mol. The molecule has 0 spiro atoms. The molecule has 0 bridgehead atoms. The Labute approximate surface area is 114 Å². The summed E-state index contributed by atoms with van der Waals surface area (Å²) in [5.41, 5.74) is 0.535. The zero-order valence-corrected chi connectivity index (χ0v) is 13.8. The van der Waals surface area contributed by atoms with Gasteiger partial charge in [-0.3, -0.25) is 0 Å². The summed E-state index contributed by atoms with van der Waals surface area (Å²) < 4.78 is 5.43. The van der Waals surface area contributed by atoms with E-state index in [-0.39, 0.29) is 0 Å². The van der Waals surface area contributed by atoms with Crippen LogP contribution < -0.4 is 0 Å². The van der Waals surface area contributed by atoms with E-state index in [4.69, 9.17) is 4.74 Å². The largest absolute Gasteiger partial charge is 0.373 e. The molecule has 1 unspecified atom stereocenters. The van der Waals surface area contributed by atoms with E-state index in [9.17, 15) is 0 Å². The fraction of sp³-hybridized carbons (Fsp3) is 0.875. The van der Waals surface area contributed by atoms with Crippen LogP contribution in [-0.2, 0) is 4.74 Å². The summed E-state index contributed by atoms with van der Waals surface area (Å²) in [6.07, 6.45) is 9.67. The molecule has 1 saturated heterocycles. The highest BCUT2D eigenvalue weighted by molar-refractivity contribution is 6.76. The first-order valence-corrected chi connectivity index (χ1v) is 11.2. The molecular formula is C16H30OSi. The van der Waals surface area contributed by atoms with Crippen LogP contribution in [0.1, 0.15) is 33.1 Å².